The van der Waals surface area contributed by atoms with Gasteiger partial charge in [-0.2, -0.15) is 5.26 Å². The summed E-state index contributed by atoms with van der Waals surface area (Å²) >= 11 is 0. The van der Waals surface area contributed by atoms with E-state index in [1.807, 2.05) is 30.0 Å². The molecule has 0 radical (unpaired) electrons. The number of anilines is 3. The maximum absolute atomic E-state index is 12.4. The highest BCUT2D eigenvalue weighted by molar-refractivity contribution is 5.97. The van der Waals surface area contributed by atoms with Gasteiger partial charge in [-0.05, 0) is 62.2 Å². The van der Waals surface area contributed by atoms with E-state index in [0.717, 1.165) is 29.9 Å². The van der Waals surface area contributed by atoms with Crippen LogP contribution in [0.15, 0.2) is 42.5 Å². The van der Waals surface area contributed by atoms with Crippen molar-refractivity contribution in [1.82, 2.24) is 0 Å². The van der Waals surface area contributed by atoms with Gasteiger partial charge >= 0.3 is 0 Å². The Hall–Kier alpha value is -3.33. The van der Waals surface area contributed by atoms with Crippen molar-refractivity contribution in [2.24, 2.45) is 0 Å². The highest BCUT2D eigenvalue weighted by atomic mass is 16.2. The Balaban J connectivity index is 1.65. The van der Waals surface area contributed by atoms with Crippen LogP contribution in [-0.4, -0.2) is 24.4 Å². The van der Waals surface area contributed by atoms with Crippen LogP contribution in [-0.2, 0) is 9.59 Å². The first-order valence-corrected chi connectivity index (χ1v) is 8.96. The number of nitrogens with one attached hydrogen (secondary N) is 2. The summed E-state index contributed by atoms with van der Waals surface area (Å²) in [5, 5.41) is 14.9. The lowest BCUT2D eigenvalue weighted by molar-refractivity contribution is -0.117. The summed E-state index contributed by atoms with van der Waals surface area (Å²) in [4.78, 5) is 26.2. The maximum atomic E-state index is 12.4. The number of nitrogens with zero attached hydrogens (tertiary/aromatic N) is 2. The number of hydrogen-bond donors (Lipinski definition) is 2. The molecule has 0 saturated carbocycles. The van der Waals surface area contributed by atoms with Gasteiger partial charge in [0.25, 0.3) is 0 Å². The Morgan fingerprint density at radius 2 is 2.04 bits per heavy atom. The number of nitriles is 1. The van der Waals surface area contributed by atoms with Gasteiger partial charge in [-0.25, -0.2) is 0 Å². The average molecular weight is 362 g/mol. The zero-order valence-corrected chi connectivity index (χ0v) is 15.5. The molecular formula is C21H22N4O2. The van der Waals surface area contributed by atoms with Crippen molar-refractivity contribution < 1.29 is 9.59 Å². The first-order chi connectivity index (χ1) is 13.0. The van der Waals surface area contributed by atoms with Crippen molar-refractivity contribution in [3.05, 3.63) is 53.6 Å². The molecule has 1 aliphatic rings. The van der Waals surface area contributed by atoms with Crippen molar-refractivity contribution in [2.45, 2.75) is 32.7 Å². The Kier molecular flexibility index (Phi) is 5.41. The van der Waals surface area contributed by atoms with E-state index in [1.165, 1.54) is 0 Å². The van der Waals surface area contributed by atoms with Gasteiger partial charge in [0.2, 0.25) is 11.8 Å². The first kappa shape index (κ1) is 18.5. The van der Waals surface area contributed by atoms with Crippen LogP contribution in [0.3, 0.4) is 0 Å². The van der Waals surface area contributed by atoms with Crippen LogP contribution >= 0.6 is 0 Å². The predicted octanol–water partition coefficient (Wildman–Crippen LogP) is 3.43. The molecule has 0 bridgehead atoms. The largest absolute Gasteiger partial charge is 0.374 e. The lowest BCUT2D eigenvalue weighted by Crippen LogP contribution is -2.32. The molecule has 0 aliphatic carbocycles. The Morgan fingerprint density at radius 3 is 2.70 bits per heavy atom. The molecule has 1 aliphatic heterocycles. The molecule has 2 aromatic carbocycles. The summed E-state index contributed by atoms with van der Waals surface area (Å²) in [5.41, 5.74) is 3.82. The summed E-state index contributed by atoms with van der Waals surface area (Å²) in [6.07, 6.45) is 1.49. The van der Waals surface area contributed by atoms with Crippen LogP contribution in [0.25, 0.3) is 0 Å². The molecule has 1 saturated heterocycles. The maximum Gasteiger partial charge on any atom is 0.246 e. The van der Waals surface area contributed by atoms with E-state index in [9.17, 15) is 9.59 Å². The number of amides is 2. The van der Waals surface area contributed by atoms with Crippen molar-refractivity contribution >= 4 is 28.9 Å². The summed E-state index contributed by atoms with van der Waals surface area (Å²) in [7, 11) is 0. The minimum atomic E-state index is -0.464. The molecule has 1 fully saturated rings. The Bertz CT molecular complexity index is 917. The summed E-state index contributed by atoms with van der Waals surface area (Å²) in [6.45, 7) is 4.49. The molecule has 2 amide bonds. The molecular weight excluding hydrogens is 340 g/mol. The molecule has 2 aromatic rings. The second-order valence-electron chi connectivity index (χ2n) is 6.70. The highest BCUT2D eigenvalue weighted by Gasteiger charge is 2.23. The van der Waals surface area contributed by atoms with Gasteiger partial charge in [-0.3, -0.25) is 9.59 Å². The second kappa shape index (κ2) is 7.92. The van der Waals surface area contributed by atoms with Crippen molar-refractivity contribution in [2.75, 3.05) is 22.1 Å². The Labute approximate surface area is 158 Å². The number of carbonyl (C=O) groups is 2. The van der Waals surface area contributed by atoms with Gasteiger partial charge in [0.05, 0.1) is 11.6 Å². The van der Waals surface area contributed by atoms with Crippen molar-refractivity contribution in [3.63, 3.8) is 0 Å². The normalized spacial score (nSPS) is 14.6. The molecule has 1 heterocycles. The van der Waals surface area contributed by atoms with Crippen LogP contribution in [0.1, 0.15) is 30.9 Å². The van der Waals surface area contributed by atoms with E-state index in [1.54, 1.807) is 31.2 Å². The van der Waals surface area contributed by atoms with E-state index in [4.69, 9.17) is 5.26 Å². The van der Waals surface area contributed by atoms with Crippen LogP contribution in [0.5, 0.6) is 0 Å². The van der Waals surface area contributed by atoms with Crippen LogP contribution in [0, 0.1) is 18.3 Å². The lowest BCUT2D eigenvalue weighted by atomic mass is 10.1. The number of rotatable bonds is 5. The molecule has 3 rings (SSSR count). The van der Waals surface area contributed by atoms with Crippen LogP contribution in [0.4, 0.5) is 17.1 Å². The SMILES string of the molecule is Cc1cc(NC(C)C(=O)Nc2cccc(C#N)c2)ccc1N1CCCC1=O. The van der Waals surface area contributed by atoms with E-state index >= 15 is 0 Å². The highest BCUT2D eigenvalue weighted by Crippen LogP contribution is 2.27. The molecule has 138 valence electrons. The van der Waals surface area contributed by atoms with E-state index in [-0.39, 0.29) is 11.8 Å². The predicted molar refractivity (Wildman–Crippen MR) is 106 cm³/mol. The molecule has 0 spiro atoms. The van der Waals surface area contributed by atoms with Crippen LogP contribution < -0.4 is 15.5 Å². The lowest BCUT2D eigenvalue weighted by Gasteiger charge is -2.20. The second-order valence-corrected chi connectivity index (χ2v) is 6.70. The summed E-state index contributed by atoms with van der Waals surface area (Å²) < 4.78 is 0. The third kappa shape index (κ3) is 4.26. The fourth-order valence-electron chi connectivity index (χ4n) is 3.18. The van der Waals surface area contributed by atoms with E-state index in [2.05, 4.69) is 16.7 Å². The smallest absolute Gasteiger partial charge is 0.246 e. The summed E-state index contributed by atoms with van der Waals surface area (Å²) in [6, 6.07) is 14.1. The minimum absolute atomic E-state index is 0.158. The van der Waals surface area contributed by atoms with Gasteiger partial charge < -0.3 is 15.5 Å². The topological polar surface area (TPSA) is 85.2 Å². The van der Waals surface area contributed by atoms with Gasteiger partial charge in [-0.1, -0.05) is 6.07 Å². The van der Waals surface area contributed by atoms with Crippen LogP contribution in [0.2, 0.25) is 0 Å². The first-order valence-electron chi connectivity index (χ1n) is 8.96. The molecule has 1 unspecified atom stereocenters. The molecule has 2 N–H and O–H groups in total. The number of benzene rings is 2. The quantitative estimate of drug-likeness (QED) is 0.853. The number of hydrogen-bond acceptors (Lipinski definition) is 4. The number of aryl methyl sites for hydroxylation is 1. The van der Waals surface area contributed by atoms with E-state index in [0.29, 0.717) is 17.7 Å². The van der Waals surface area contributed by atoms with Gasteiger partial charge in [0.15, 0.2) is 0 Å². The molecule has 1 atom stereocenters. The third-order valence-corrected chi connectivity index (χ3v) is 4.60. The van der Waals surface area contributed by atoms with Gasteiger partial charge in [0, 0.05) is 30.0 Å². The average Bonchev–Trinajstić information content (AvgIpc) is 3.07. The fourth-order valence-corrected chi connectivity index (χ4v) is 3.18. The standard InChI is InChI=1S/C21H22N4O2/c1-14-11-18(8-9-19(14)25-10-4-7-20(25)26)23-15(2)21(27)24-17-6-3-5-16(12-17)13-22/h3,5-6,8-9,11-12,15,23H,4,7,10H2,1-2H3,(H,24,27). The minimum Gasteiger partial charge on any atom is -0.374 e. The monoisotopic (exact) mass is 362 g/mol. The summed E-state index contributed by atoms with van der Waals surface area (Å²) in [5.74, 6) is -0.0345. The molecule has 6 heteroatoms. The van der Waals surface area contributed by atoms with Gasteiger partial charge in [0.1, 0.15) is 6.04 Å². The fraction of sp³-hybridized carbons (Fsp3) is 0.286. The molecule has 27 heavy (non-hydrogen) atoms. The zero-order chi connectivity index (χ0) is 19.4. The van der Waals surface area contributed by atoms with Gasteiger partial charge in [-0.15, -0.1) is 0 Å². The Morgan fingerprint density at radius 1 is 1.22 bits per heavy atom. The van der Waals surface area contributed by atoms with Crippen molar-refractivity contribution in [3.8, 4) is 6.07 Å². The van der Waals surface area contributed by atoms with E-state index < -0.39 is 6.04 Å². The molecule has 0 aromatic heterocycles. The molecule has 6 nitrogen and oxygen atoms in total. The third-order valence-electron chi connectivity index (χ3n) is 4.60. The van der Waals surface area contributed by atoms with Crippen molar-refractivity contribution in [1.29, 1.82) is 5.26 Å². The zero-order valence-electron chi connectivity index (χ0n) is 15.5. The number of carbonyl (C=O) groups excluding carboxylic acids is 2.